The van der Waals surface area contributed by atoms with Gasteiger partial charge in [-0.1, -0.05) is 11.6 Å². The fourth-order valence-corrected chi connectivity index (χ4v) is 3.69. The molecule has 0 radical (unpaired) electrons. The van der Waals surface area contributed by atoms with Crippen molar-refractivity contribution in [1.82, 2.24) is 24.6 Å². The number of rotatable bonds is 5. The van der Waals surface area contributed by atoms with E-state index < -0.39 is 23.8 Å². The van der Waals surface area contributed by atoms with Gasteiger partial charge in [-0.2, -0.15) is 10.4 Å². The second-order valence-corrected chi connectivity index (χ2v) is 7.44. The lowest BCUT2D eigenvalue weighted by atomic mass is 10.1. The Morgan fingerprint density at radius 1 is 1.42 bits per heavy atom. The normalized spacial score (nSPS) is 17.6. The molecule has 0 bridgehead atoms. The number of imidazole rings is 1. The quantitative estimate of drug-likeness (QED) is 0.407. The number of carbonyl (C=O) groups is 1. The number of nitrogens with zero attached hydrogens (tertiary/aromatic N) is 5. The third-order valence-corrected chi connectivity index (χ3v) is 5.39. The van der Waals surface area contributed by atoms with Crippen LogP contribution in [-0.2, 0) is 4.79 Å². The number of hydrogen-bond acceptors (Lipinski definition) is 6. The first-order valence-electron chi connectivity index (χ1n) is 9.23. The maximum absolute atomic E-state index is 15.0. The van der Waals surface area contributed by atoms with E-state index >= 15 is 0 Å². The summed E-state index contributed by atoms with van der Waals surface area (Å²) in [5.74, 6) is -1.54. The second-order valence-electron chi connectivity index (χ2n) is 7.06. The molecule has 0 spiro atoms. The molecule has 1 amide bonds. The molecule has 2 unspecified atom stereocenters. The number of nitrogens with one attached hydrogen (secondary N) is 3. The molecule has 4 aromatic rings. The number of anilines is 2. The standard InChI is InChI=1S/C19H13ClF2N8O/c20-15-14(9-4-26-29-17(9)18(16(15)22)24-2-1-23)11-6-30-7-12(27-13(30)5-25-11)28-19(31)8-3-10(8)21/h4-8,10,24H,2-3H2,(H,26,29)(H,28,31). The van der Waals surface area contributed by atoms with Gasteiger partial charge in [-0.15, -0.1) is 0 Å². The minimum absolute atomic E-state index is 0.0442. The molecule has 1 aliphatic carbocycles. The van der Waals surface area contributed by atoms with Crippen molar-refractivity contribution in [2.75, 3.05) is 17.2 Å². The number of amides is 1. The molecule has 2 atom stereocenters. The van der Waals surface area contributed by atoms with Crippen molar-refractivity contribution in [3.63, 3.8) is 0 Å². The van der Waals surface area contributed by atoms with E-state index in [-0.39, 0.29) is 29.5 Å². The van der Waals surface area contributed by atoms with E-state index in [1.54, 1.807) is 16.8 Å². The summed E-state index contributed by atoms with van der Waals surface area (Å²) in [6, 6.07) is 1.89. The van der Waals surface area contributed by atoms with Crippen LogP contribution in [0.25, 0.3) is 27.8 Å². The van der Waals surface area contributed by atoms with Crippen LogP contribution in [0.15, 0.2) is 24.8 Å². The summed E-state index contributed by atoms with van der Waals surface area (Å²) in [6.07, 6.45) is 5.18. The molecule has 5 rings (SSSR count). The first-order chi connectivity index (χ1) is 15.0. The third kappa shape index (κ3) is 3.21. The summed E-state index contributed by atoms with van der Waals surface area (Å²) in [4.78, 5) is 20.5. The minimum atomic E-state index is -1.11. The van der Waals surface area contributed by atoms with Crippen molar-refractivity contribution in [3.05, 3.63) is 35.6 Å². The summed E-state index contributed by atoms with van der Waals surface area (Å²) in [6.45, 7) is -0.113. The number of halogens is 3. The van der Waals surface area contributed by atoms with Gasteiger partial charge in [0.2, 0.25) is 5.91 Å². The number of benzene rings is 1. The molecule has 31 heavy (non-hydrogen) atoms. The molecule has 3 N–H and O–H groups in total. The molecular formula is C19H13ClF2N8O. The average molecular weight is 443 g/mol. The van der Waals surface area contributed by atoms with Gasteiger partial charge in [0.15, 0.2) is 17.3 Å². The number of hydrogen-bond donors (Lipinski definition) is 3. The van der Waals surface area contributed by atoms with Crippen molar-refractivity contribution in [3.8, 4) is 17.3 Å². The topological polar surface area (TPSA) is 124 Å². The van der Waals surface area contributed by atoms with Crippen LogP contribution in [0.1, 0.15) is 6.42 Å². The predicted octanol–water partition coefficient (Wildman–Crippen LogP) is 3.30. The van der Waals surface area contributed by atoms with Crippen LogP contribution >= 0.6 is 11.6 Å². The number of H-pyrrole nitrogens is 1. The van der Waals surface area contributed by atoms with Crippen molar-refractivity contribution >= 4 is 45.6 Å². The van der Waals surface area contributed by atoms with Crippen molar-refractivity contribution in [1.29, 1.82) is 5.26 Å². The van der Waals surface area contributed by atoms with Gasteiger partial charge >= 0.3 is 0 Å². The molecule has 3 aromatic heterocycles. The van der Waals surface area contributed by atoms with Crippen LogP contribution in [0, 0.1) is 23.1 Å². The monoisotopic (exact) mass is 442 g/mol. The van der Waals surface area contributed by atoms with Gasteiger partial charge in [0.25, 0.3) is 0 Å². The van der Waals surface area contributed by atoms with E-state index in [4.69, 9.17) is 16.9 Å². The maximum atomic E-state index is 15.0. The van der Waals surface area contributed by atoms with Gasteiger partial charge in [-0.05, 0) is 6.42 Å². The molecule has 3 heterocycles. The number of carbonyl (C=O) groups excluding carboxylic acids is 1. The molecular weight excluding hydrogens is 430 g/mol. The molecule has 0 aliphatic heterocycles. The Morgan fingerprint density at radius 2 is 2.23 bits per heavy atom. The van der Waals surface area contributed by atoms with E-state index in [0.717, 1.165) is 0 Å². The number of aromatic nitrogens is 5. The van der Waals surface area contributed by atoms with Crippen LogP contribution in [0.2, 0.25) is 5.02 Å². The number of alkyl halides is 1. The van der Waals surface area contributed by atoms with Crippen molar-refractivity contribution in [2.24, 2.45) is 5.92 Å². The van der Waals surface area contributed by atoms with Gasteiger partial charge < -0.3 is 15.0 Å². The zero-order chi connectivity index (χ0) is 21.7. The van der Waals surface area contributed by atoms with Crippen LogP contribution in [0.4, 0.5) is 20.3 Å². The number of fused-ring (bicyclic) bond motifs is 2. The second kappa shape index (κ2) is 7.17. The van der Waals surface area contributed by atoms with Crippen molar-refractivity contribution in [2.45, 2.75) is 12.6 Å². The fraction of sp³-hybridized carbons (Fsp3) is 0.211. The highest BCUT2D eigenvalue weighted by atomic mass is 35.5. The minimum Gasteiger partial charge on any atom is -0.368 e. The molecule has 1 aliphatic rings. The Bertz CT molecular complexity index is 1390. The molecule has 1 aromatic carbocycles. The van der Waals surface area contributed by atoms with Gasteiger partial charge in [0.1, 0.15) is 12.7 Å². The summed E-state index contributed by atoms with van der Waals surface area (Å²) in [7, 11) is 0. The van der Waals surface area contributed by atoms with Crippen LogP contribution in [-0.4, -0.2) is 43.2 Å². The molecule has 1 fully saturated rings. The molecule has 1 saturated carbocycles. The van der Waals surface area contributed by atoms with Crippen LogP contribution in [0.3, 0.4) is 0 Å². The third-order valence-electron chi connectivity index (χ3n) is 5.03. The highest BCUT2D eigenvalue weighted by Gasteiger charge is 2.43. The number of aromatic amines is 1. The zero-order valence-electron chi connectivity index (χ0n) is 15.7. The first kappa shape index (κ1) is 19.2. The van der Waals surface area contributed by atoms with Gasteiger partial charge in [0, 0.05) is 17.1 Å². The van der Waals surface area contributed by atoms with Crippen LogP contribution in [0.5, 0.6) is 0 Å². The van der Waals surface area contributed by atoms with Crippen LogP contribution < -0.4 is 10.6 Å². The summed E-state index contributed by atoms with van der Waals surface area (Å²) in [5.41, 5.74) is 1.47. The largest absolute Gasteiger partial charge is 0.368 e. The van der Waals surface area contributed by atoms with Gasteiger partial charge in [-0.3, -0.25) is 14.9 Å². The predicted molar refractivity (Wildman–Crippen MR) is 109 cm³/mol. The Kier molecular flexibility index (Phi) is 4.44. The Balaban J connectivity index is 1.56. The highest BCUT2D eigenvalue weighted by molar-refractivity contribution is 6.35. The Hall–Kier alpha value is -3.78. The smallest absolute Gasteiger partial charge is 0.231 e. The molecule has 12 heteroatoms. The fourth-order valence-electron chi connectivity index (χ4n) is 3.40. The summed E-state index contributed by atoms with van der Waals surface area (Å²) in [5, 5.41) is 21.1. The lowest BCUT2D eigenvalue weighted by molar-refractivity contribution is -0.117. The SMILES string of the molecule is N#CCNc1c(F)c(Cl)c(-c2cn3cc(NC(=O)C4CC4F)nc3cn2)c2cn[nH]c12. The Labute approximate surface area is 178 Å². The first-order valence-corrected chi connectivity index (χ1v) is 9.60. The highest BCUT2D eigenvalue weighted by Crippen LogP contribution is 2.40. The maximum Gasteiger partial charge on any atom is 0.231 e. The average Bonchev–Trinajstić information content (AvgIpc) is 3.12. The summed E-state index contributed by atoms with van der Waals surface area (Å²) >= 11 is 6.33. The zero-order valence-corrected chi connectivity index (χ0v) is 16.4. The lowest BCUT2D eigenvalue weighted by Crippen LogP contribution is -2.15. The molecule has 9 nitrogen and oxygen atoms in total. The van der Waals surface area contributed by atoms with Crippen molar-refractivity contribution < 1.29 is 13.6 Å². The van der Waals surface area contributed by atoms with Gasteiger partial charge in [0.05, 0.1) is 52.5 Å². The lowest BCUT2D eigenvalue weighted by Gasteiger charge is -2.12. The van der Waals surface area contributed by atoms with E-state index in [2.05, 4.69) is 30.8 Å². The number of nitriles is 1. The summed E-state index contributed by atoms with van der Waals surface area (Å²) < 4.78 is 29.6. The molecule has 156 valence electrons. The van der Waals surface area contributed by atoms with E-state index in [0.29, 0.717) is 27.8 Å². The Morgan fingerprint density at radius 3 is 2.97 bits per heavy atom. The van der Waals surface area contributed by atoms with E-state index in [1.807, 2.05) is 6.07 Å². The van der Waals surface area contributed by atoms with Gasteiger partial charge in [-0.25, -0.2) is 13.8 Å². The van der Waals surface area contributed by atoms with E-state index in [1.165, 1.54) is 12.4 Å². The van der Waals surface area contributed by atoms with E-state index in [9.17, 15) is 13.6 Å². The molecule has 0 saturated heterocycles.